The monoisotopic (exact) mass is 420 g/mol. The Morgan fingerprint density at radius 2 is 1.93 bits per heavy atom. The number of halogens is 1. The van der Waals surface area contributed by atoms with Gasteiger partial charge in [-0.3, -0.25) is 24.6 Å². The standard InChI is InChI=1S/C21H29FN4O4/c1-21(2,3)30-19(28)13-25-8-10-26(11-9-25)17-6-4-14(12-15(17)22)23-16-5-7-18(27)24-20(16)29/h4,6,12,16,23H,5,7-11,13H2,1-3H3,(H,24,27,29). The van der Waals surface area contributed by atoms with Crippen LogP contribution in [-0.4, -0.2) is 67.1 Å². The Kier molecular flexibility index (Phi) is 6.60. The van der Waals surface area contributed by atoms with Crippen molar-refractivity contribution in [1.29, 1.82) is 0 Å². The molecule has 0 saturated carbocycles. The van der Waals surface area contributed by atoms with Gasteiger partial charge in [-0.05, 0) is 45.4 Å². The third-order valence-electron chi connectivity index (χ3n) is 5.01. The van der Waals surface area contributed by atoms with E-state index in [0.717, 1.165) is 0 Å². The summed E-state index contributed by atoms with van der Waals surface area (Å²) in [6.07, 6.45) is 0.644. The molecule has 1 aromatic carbocycles. The van der Waals surface area contributed by atoms with Crippen LogP contribution in [0.15, 0.2) is 18.2 Å². The molecule has 0 bridgehead atoms. The number of rotatable bonds is 5. The predicted octanol–water partition coefficient (Wildman–Crippen LogP) is 1.51. The van der Waals surface area contributed by atoms with Gasteiger partial charge in [0.15, 0.2) is 0 Å². The zero-order valence-corrected chi connectivity index (χ0v) is 17.7. The Bertz CT molecular complexity index is 816. The highest BCUT2D eigenvalue weighted by Crippen LogP contribution is 2.25. The summed E-state index contributed by atoms with van der Waals surface area (Å²) >= 11 is 0. The fourth-order valence-corrected chi connectivity index (χ4v) is 3.59. The van der Waals surface area contributed by atoms with Crippen molar-refractivity contribution in [3.8, 4) is 0 Å². The molecule has 0 spiro atoms. The number of hydrogen-bond acceptors (Lipinski definition) is 7. The fraction of sp³-hybridized carbons (Fsp3) is 0.571. The second-order valence-electron chi connectivity index (χ2n) is 8.66. The highest BCUT2D eigenvalue weighted by Gasteiger charge is 2.27. The number of amides is 2. The molecule has 1 unspecified atom stereocenters. The molecule has 2 amide bonds. The van der Waals surface area contributed by atoms with Crippen LogP contribution in [0.4, 0.5) is 15.8 Å². The van der Waals surface area contributed by atoms with Gasteiger partial charge >= 0.3 is 5.97 Å². The van der Waals surface area contributed by atoms with Gasteiger partial charge < -0.3 is 15.0 Å². The van der Waals surface area contributed by atoms with Crippen LogP contribution >= 0.6 is 0 Å². The molecule has 8 nitrogen and oxygen atoms in total. The summed E-state index contributed by atoms with van der Waals surface area (Å²) in [6.45, 7) is 8.20. The lowest BCUT2D eigenvalue weighted by molar-refractivity contribution is -0.156. The summed E-state index contributed by atoms with van der Waals surface area (Å²) in [7, 11) is 0. The predicted molar refractivity (Wildman–Crippen MR) is 111 cm³/mol. The first-order valence-electron chi connectivity index (χ1n) is 10.2. The highest BCUT2D eigenvalue weighted by atomic mass is 19.1. The van der Waals surface area contributed by atoms with Gasteiger partial charge in [-0.2, -0.15) is 0 Å². The lowest BCUT2D eigenvalue weighted by Gasteiger charge is -2.36. The number of esters is 1. The van der Waals surface area contributed by atoms with Gasteiger partial charge in [0.05, 0.1) is 12.2 Å². The van der Waals surface area contributed by atoms with Crippen molar-refractivity contribution >= 4 is 29.2 Å². The molecule has 2 saturated heterocycles. The molecule has 164 valence electrons. The van der Waals surface area contributed by atoms with Gasteiger partial charge in [-0.15, -0.1) is 0 Å². The fourth-order valence-electron chi connectivity index (χ4n) is 3.59. The molecule has 2 aliphatic heterocycles. The number of carbonyl (C=O) groups is 3. The zero-order valence-electron chi connectivity index (χ0n) is 17.7. The van der Waals surface area contributed by atoms with E-state index in [2.05, 4.69) is 10.6 Å². The Hall–Kier alpha value is -2.68. The Morgan fingerprint density at radius 3 is 2.53 bits per heavy atom. The van der Waals surface area contributed by atoms with E-state index in [9.17, 15) is 18.8 Å². The molecule has 0 aliphatic carbocycles. The van der Waals surface area contributed by atoms with Crippen molar-refractivity contribution in [2.75, 3.05) is 42.9 Å². The highest BCUT2D eigenvalue weighted by molar-refractivity contribution is 6.01. The van der Waals surface area contributed by atoms with Crippen molar-refractivity contribution in [1.82, 2.24) is 10.2 Å². The Labute approximate surface area is 175 Å². The third-order valence-corrected chi connectivity index (χ3v) is 5.01. The molecule has 1 atom stereocenters. The first-order valence-corrected chi connectivity index (χ1v) is 10.2. The van der Waals surface area contributed by atoms with E-state index in [1.54, 1.807) is 12.1 Å². The lowest BCUT2D eigenvalue weighted by Crippen LogP contribution is -2.49. The lowest BCUT2D eigenvalue weighted by atomic mass is 10.1. The van der Waals surface area contributed by atoms with E-state index in [0.29, 0.717) is 44.0 Å². The first-order chi connectivity index (χ1) is 14.1. The number of anilines is 2. The molecule has 2 aliphatic rings. The number of hydrogen-bond donors (Lipinski definition) is 2. The maximum absolute atomic E-state index is 14.7. The van der Waals surface area contributed by atoms with E-state index in [-0.39, 0.29) is 30.7 Å². The van der Waals surface area contributed by atoms with Gasteiger partial charge in [0.25, 0.3) is 0 Å². The number of piperidine rings is 1. The summed E-state index contributed by atoms with van der Waals surface area (Å²) < 4.78 is 20.1. The van der Waals surface area contributed by atoms with Gasteiger partial charge in [0, 0.05) is 38.3 Å². The van der Waals surface area contributed by atoms with Crippen LogP contribution in [0.5, 0.6) is 0 Å². The largest absolute Gasteiger partial charge is 0.459 e. The van der Waals surface area contributed by atoms with E-state index < -0.39 is 17.6 Å². The van der Waals surface area contributed by atoms with E-state index >= 15 is 0 Å². The van der Waals surface area contributed by atoms with Crippen molar-refractivity contribution in [2.45, 2.75) is 45.3 Å². The van der Waals surface area contributed by atoms with E-state index in [1.165, 1.54) is 6.07 Å². The number of ether oxygens (including phenoxy) is 1. The van der Waals surface area contributed by atoms with Crippen LogP contribution in [0.2, 0.25) is 0 Å². The van der Waals surface area contributed by atoms with Gasteiger partial charge in [-0.25, -0.2) is 4.39 Å². The third kappa shape index (κ3) is 5.91. The number of nitrogens with one attached hydrogen (secondary N) is 2. The summed E-state index contributed by atoms with van der Waals surface area (Å²) in [5, 5.41) is 5.26. The number of imide groups is 1. The molecule has 2 N–H and O–H groups in total. The normalized spacial score (nSPS) is 20.7. The maximum Gasteiger partial charge on any atom is 0.320 e. The van der Waals surface area contributed by atoms with Crippen LogP contribution in [0.25, 0.3) is 0 Å². The minimum atomic E-state index is -0.552. The number of benzene rings is 1. The second-order valence-corrected chi connectivity index (χ2v) is 8.66. The molecule has 0 radical (unpaired) electrons. The van der Waals surface area contributed by atoms with Crippen LogP contribution < -0.4 is 15.5 Å². The minimum Gasteiger partial charge on any atom is -0.459 e. The number of nitrogens with zero attached hydrogens (tertiary/aromatic N) is 2. The van der Waals surface area contributed by atoms with Gasteiger partial charge in [-0.1, -0.05) is 0 Å². The summed E-state index contributed by atoms with van der Waals surface area (Å²) in [5.41, 5.74) is 0.473. The van der Waals surface area contributed by atoms with E-state index in [4.69, 9.17) is 4.74 Å². The average Bonchev–Trinajstić information content (AvgIpc) is 2.63. The minimum absolute atomic E-state index is 0.225. The van der Waals surface area contributed by atoms with Crippen LogP contribution in [0.1, 0.15) is 33.6 Å². The van der Waals surface area contributed by atoms with Gasteiger partial charge in [0.2, 0.25) is 11.8 Å². The second kappa shape index (κ2) is 8.99. The smallest absolute Gasteiger partial charge is 0.320 e. The number of piperazine rings is 1. The van der Waals surface area contributed by atoms with Gasteiger partial charge in [0.1, 0.15) is 17.5 Å². The molecule has 2 heterocycles. The SMILES string of the molecule is CC(C)(C)OC(=O)CN1CCN(c2ccc(NC3CCC(=O)NC3=O)cc2F)CC1. The molecule has 1 aromatic rings. The van der Waals surface area contributed by atoms with Crippen molar-refractivity contribution in [2.24, 2.45) is 0 Å². The molecule has 30 heavy (non-hydrogen) atoms. The van der Waals surface area contributed by atoms with Crippen molar-refractivity contribution < 1.29 is 23.5 Å². The maximum atomic E-state index is 14.7. The van der Waals surface area contributed by atoms with E-state index in [1.807, 2.05) is 30.6 Å². The molecule has 3 rings (SSSR count). The Balaban J connectivity index is 1.53. The Morgan fingerprint density at radius 1 is 1.23 bits per heavy atom. The summed E-state index contributed by atoms with van der Waals surface area (Å²) in [5.74, 6) is -1.32. The zero-order chi connectivity index (χ0) is 21.9. The molecule has 0 aromatic heterocycles. The van der Waals surface area contributed by atoms with Crippen LogP contribution in [0.3, 0.4) is 0 Å². The summed E-state index contributed by atoms with van der Waals surface area (Å²) in [4.78, 5) is 39.0. The van der Waals surface area contributed by atoms with Crippen molar-refractivity contribution in [3.63, 3.8) is 0 Å². The quantitative estimate of drug-likeness (QED) is 0.551. The summed E-state index contributed by atoms with van der Waals surface area (Å²) in [6, 6.07) is 4.23. The molecular formula is C21H29FN4O4. The van der Waals surface area contributed by atoms with Crippen LogP contribution in [0, 0.1) is 5.82 Å². The first kappa shape index (κ1) is 22.0. The molecule has 2 fully saturated rings. The topological polar surface area (TPSA) is 91.0 Å². The van der Waals surface area contributed by atoms with Crippen molar-refractivity contribution in [3.05, 3.63) is 24.0 Å². The molecule has 9 heteroatoms. The average molecular weight is 420 g/mol. The molecular weight excluding hydrogens is 391 g/mol. The van der Waals surface area contributed by atoms with Crippen LogP contribution in [-0.2, 0) is 19.1 Å². The number of carbonyl (C=O) groups excluding carboxylic acids is 3.